The number of anilines is 2. The van der Waals surface area contributed by atoms with Crippen molar-refractivity contribution in [1.29, 1.82) is 0 Å². The molecule has 0 saturated heterocycles. The summed E-state index contributed by atoms with van der Waals surface area (Å²) >= 11 is 0. The monoisotopic (exact) mass is 487 g/mol. The van der Waals surface area contributed by atoms with Gasteiger partial charge in [0.2, 0.25) is 0 Å². The number of hydrogen-bond acceptors (Lipinski definition) is 8. The first-order valence-corrected chi connectivity index (χ1v) is 11.2. The number of rotatable bonds is 9. The Morgan fingerprint density at radius 2 is 1.44 bits per heavy atom. The summed E-state index contributed by atoms with van der Waals surface area (Å²) in [5.41, 5.74) is 0.199. The van der Waals surface area contributed by atoms with E-state index in [9.17, 15) is 23.3 Å². The Hall–Kier alpha value is -4.32. The first-order valence-electron chi connectivity index (χ1n) is 9.67. The molecule has 0 aliphatic carbocycles. The first kappa shape index (κ1) is 24.3. The van der Waals surface area contributed by atoms with Crippen LogP contribution in [0.2, 0.25) is 0 Å². The summed E-state index contributed by atoms with van der Waals surface area (Å²) in [6.07, 6.45) is 0. The van der Waals surface area contributed by atoms with Crippen LogP contribution in [-0.4, -0.2) is 40.6 Å². The fraction of sp³-hybridized carbons (Fsp3) is 0.136. The summed E-state index contributed by atoms with van der Waals surface area (Å²) in [6, 6.07) is 14.4. The number of non-ortho nitro benzene ring substituents is 1. The molecule has 11 nitrogen and oxygen atoms in total. The number of nitrogens with one attached hydrogen (secondary N) is 2. The predicted molar refractivity (Wildman–Crippen MR) is 124 cm³/mol. The quantitative estimate of drug-likeness (QED) is 0.343. The van der Waals surface area contributed by atoms with Gasteiger partial charge in [0.05, 0.1) is 37.6 Å². The van der Waals surface area contributed by atoms with Crippen molar-refractivity contribution < 1.29 is 32.3 Å². The van der Waals surface area contributed by atoms with Crippen LogP contribution in [0.25, 0.3) is 0 Å². The van der Waals surface area contributed by atoms with Crippen LogP contribution in [0.5, 0.6) is 17.2 Å². The van der Waals surface area contributed by atoms with Gasteiger partial charge in [0, 0.05) is 29.8 Å². The van der Waals surface area contributed by atoms with Crippen LogP contribution in [0.4, 0.5) is 17.1 Å². The van der Waals surface area contributed by atoms with Crippen LogP contribution in [-0.2, 0) is 10.0 Å². The summed E-state index contributed by atoms with van der Waals surface area (Å²) in [4.78, 5) is 22.5. The van der Waals surface area contributed by atoms with Crippen LogP contribution >= 0.6 is 0 Å². The molecule has 34 heavy (non-hydrogen) atoms. The van der Waals surface area contributed by atoms with Crippen molar-refractivity contribution in [3.63, 3.8) is 0 Å². The predicted octanol–water partition coefficient (Wildman–Crippen LogP) is 3.67. The second-order valence-electron chi connectivity index (χ2n) is 6.77. The fourth-order valence-electron chi connectivity index (χ4n) is 3.05. The number of ether oxygens (including phenoxy) is 3. The number of carbonyl (C=O) groups is 1. The topological polar surface area (TPSA) is 146 Å². The average Bonchev–Trinajstić information content (AvgIpc) is 2.84. The average molecular weight is 487 g/mol. The molecule has 178 valence electrons. The highest BCUT2D eigenvalue weighted by atomic mass is 32.2. The lowest BCUT2D eigenvalue weighted by molar-refractivity contribution is -0.385. The van der Waals surface area contributed by atoms with Crippen molar-refractivity contribution >= 4 is 33.0 Å². The summed E-state index contributed by atoms with van der Waals surface area (Å²) < 4.78 is 44.2. The van der Waals surface area contributed by atoms with Crippen molar-refractivity contribution in [3.8, 4) is 17.2 Å². The Labute approximate surface area is 195 Å². The molecule has 1 amide bonds. The van der Waals surface area contributed by atoms with Gasteiger partial charge in [0.1, 0.15) is 22.1 Å². The Morgan fingerprint density at radius 3 is 2.03 bits per heavy atom. The van der Waals surface area contributed by atoms with E-state index in [4.69, 9.17) is 14.2 Å². The third-order valence-electron chi connectivity index (χ3n) is 4.70. The van der Waals surface area contributed by atoms with Gasteiger partial charge in [-0.15, -0.1) is 0 Å². The Bertz CT molecular complexity index is 1330. The molecule has 0 spiro atoms. The third-order valence-corrected chi connectivity index (χ3v) is 6.08. The second kappa shape index (κ2) is 10.1. The molecule has 0 heterocycles. The van der Waals surface area contributed by atoms with E-state index in [1.165, 1.54) is 39.5 Å². The number of nitrogens with zero attached hydrogens (tertiary/aromatic N) is 1. The summed E-state index contributed by atoms with van der Waals surface area (Å²) in [5, 5.41) is 13.8. The Kier molecular flexibility index (Phi) is 7.21. The largest absolute Gasteiger partial charge is 0.495 e. The highest BCUT2D eigenvalue weighted by molar-refractivity contribution is 7.92. The van der Waals surface area contributed by atoms with Crippen molar-refractivity contribution in [2.45, 2.75) is 4.90 Å². The fourth-order valence-corrected chi connectivity index (χ4v) is 4.30. The van der Waals surface area contributed by atoms with E-state index >= 15 is 0 Å². The van der Waals surface area contributed by atoms with Crippen LogP contribution in [0, 0.1) is 10.1 Å². The van der Waals surface area contributed by atoms with Crippen LogP contribution < -0.4 is 24.2 Å². The van der Waals surface area contributed by atoms with E-state index in [0.29, 0.717) is 5.56 Å². The summed E-state index contributed by atoms with van der Waals surface area (Å²) in [7, 11) is -0.442. The highest BCUT2D eigenvalue weighted by Crippen LogP contribution is 2.39. The SMILES string of the molecule is COc1cc(NS(=O)(=O)c2cc([N+](=O)[O-])ccc2OC)c(OC)cc1NC(=O)c1ccccc1. The normalized spacial score (nSPS) is 10.8. The Morgan fingerprint density at radius 1 is 0.853 bits per heavy atom. The zero-order valence-corrected chi connectivity index (χ0v) is 19.2. The maximum Gasteiger partial charge on any atom is 0.271 e. The molecular formula is C22H21N3O8S. The van der Waals surface area contributed by atoms with Gasteiger partial charge in [-0.3, -0.25) is 19.6 Å². The summed E-state index contributed by atoms with van der Waals surface area (Å²) in [5.74, 6) is -0.280. The zero-order valence-electron chi connectivity index (χ0n) is 18.4. The summed E-state index contributed by atoms with van der Waals surface area (Å²) in [6.45, 7) is 0. The molecule has 0 bridgehead atoms. The molecule has 0 saturated carbocycles. The molecule has 0 aromatic heterocycles. The third kappa shape index (κ3) is 5.18. The maximum absolute atomic E-state index is 13.1. The van der Waals surface area contributed by atoms with Crippen molar-refractivity contribution in [2.75, 3.05) is 31.4 Å². The molecule has 0 atom stereocenters. The lowest BCUT2D eigenvalue weighted by atomic mass is 10.2. The number of benzene rings is 3. The van der Waals surface area contributed by atoms with E-state index in [1.54, 1.807) is 30.3 Å². The molecule has 0 aliphatic rings. The minimum Gasteiger partial charge on any atom is -0.495 e. The highest BCUT2D eigenvalue weighted by Gasteiger charge is 2.25. The van der Waals surface area contributed by atoms with Gasteiger partial charge in [-0.05, 0) is 18.2 Å². The molecule has 3 aromatic carbocycles. The van der Waals surface area contributed by atoms with Gasteiger partial charge in [0.25, 0.3) is 21.6 Å². The smallest absolute Gasteiger partial charge is 0.271 e. The van der Waals surface area contributed by atoms with Gasteiger partial charge in [-0.1, -0.05) is 18.2 Å². The lowest BCUT2D eigenvalue weighted by Crippen LogP contribution is -2.16. The van der Waals surface area contributed by atoms with Crippen molar-refractivity contribution in [2.24, 2.45) is 0 Å². The lowest BCUT2D eigenvalue weighted by Gasteiger charge is -2.17. The van der Waals surface area contributed by atoms with Crippen molar-refractivity contribution in [1.82, 2.24) is 0 Å². The molecule has 3 aromatic rings. The van der Waals surface area contributed by atoms with E-state index < -0.39 is 31.4 Å². The van der Waals surface area contributed by atoms with Gasteiger partial charge in [0.15, 0.2) is 0 Å². The molecular weight excluding hydrogens is 466 g/mol. The first-order chi connectivity index (χ1) is 16.2. The number of amides is 1. The van der Waals surface area contributed by atoms with Crippen LogP contribution in [0.1, 0.15) is 10.4 Å². The molecule has 2 N–H and O–H groups in total. The minimum absolute atomic E-state index is 0.0226. The maximum atomic E-state index is 13.1. The van der Waals surface area contributed by atoms with Crippen LogP contribution in [0.3, 0.4) is 0 Å². The number of nitro benzene ring substituents is 1. The van der Waals surface area contributed by atoms with E-state index in [0.717, 1.165) is 12.1 Å². The van der Waals surface area contributed by atoms with Crippen LogP contribution in [0.15, 0.2) is 65.6 Å². The molecule has 0 fully saturated rings. The minimum atomic E-state index is -4.35. The standard InChI is InChI=1S/C22H21N3O8S/c1-31-18-10-9-15(25(27)28)11-21(18)34(29,30)24-17-13-19(32-2)16(12-20(17)33-3)23-22(26)14-7-5-4-6-8-14/h4-13,24H,1-3H3,(H,23,26). The number of carbonyl (C=O) groups excluding carboxylic acids is 1. The molecule has 0 unspecified atom stereocenters. The number of hydrogen-bond donors (Lipinski definition) is 2. The van der Waals surface area contributed by atoms with Gasteiger partial charge < -0.3 is 19.5 Å². The zero-order chi connectivity index (χ0) is 24.9. The van der Waals surface area contributed by atoms with E-state index in [2.05, 4.69) is 10.0 Å². The van der Waals surface area contributed by atoms with E-state index in [1.807, 2.05) is 0 Å². The second-order valence-corrected chi connectivity index (χ2v) is 8.42. The molecule has 0 radical (unpaired) electrons. The van der Waals surface area contributed by atoms with Gasteiger partial charge in [-0.2, -0.15) is 0 Å². The Balaban J connectivity index is 2.00. The number of methoxy groups -OCH3 is 3. The van der Waals surface area contributed by atoms with Gasteiger partial charge in [-0.25, -0.2) is 8.42 Å². The van der Waals surface area contributed by atoms with E-state index in [-0.39, 0.29) is 28.6 Å². The molecule has 12 heteroatoms. The number of nitro groups is 1. The molecule has 0 aliphatic heterocycles. The van der Waals surface area contributed by atoms with Crippen molar-refractivity contribution in [3.05, 3.63) is 76.3 Å². The van der Waals surface area contributed by atoms with Gasteiger partial charge >= 0.3 is 0 Å². The number of sulfonamides is 1. The molecule has 3 rings (SSSR count).